The number of aryl methyl sites for hydroxylation is 1. The lowest BCUT2D eigenvalue weighted by Gasteiger charge is -2.17. The molecule has 0 aliphatic rings. The van der Waals surface area contributed by atoms with Gasteiger partial charge in [-0.3, -0.25) is 0 Å². The van der Waals surface area contributed by atoms with Crippen molar-refractivity contribution in [3.8, 4) is 0 Å². The highest BCUT2D eigenvalue weighted by atomic mass is 79.9. The average molecular weight is 305 g/mol. The summed E-state index contributed by atoms with van der Waals surface area (Å²) in [5, 5.41) is 3.45. The van der Waals surface area contributed by atoms with Gasteiger partial charge in [0.2, 0.25) is 0 Å². The van der Waals surface area contributed by atoms with Crippen molar-refractivity contribution < 1.29 is 0 Å². The van der Waals surface area contributed by atoms with Crippen molar-refractivity contribution in [3.63, 3.8) is 0 Å². The van der Waals surface area contributed by atoms with E-state index >= 15 is 0 Å². The fourth-order valence-electron chi connectivity index (χ4n) is 1.86. The molecule has 0 saturated heterocycles. The van der Waals surface area contributed by atoms with E-state index in [1.807, 2.05) is 24.3 Å². The smallest absolute Gasteiger partial charge is 0.0581 e. The minimum atomic E-state index is 0.224. The van der Waals surface area contributed by atoms with Crippen molar-refractivity contribution in [2.24, 2.45) is 0 Å². The first-order valence-electron chi connectivity index (χ1n) is 5.94. The molecule has 2 nitrogen and oxygen atoms in total. The fourth-order valence-corrected chi connectivity index (χ4v) is 2.13. The lowest BCUT2D eigenvalue weighted by Crippen LogP contribution is -2.08. The zero-order valence-electron chi connectivity index (χ0n) is 10.6. The van der Waals surface area contributed by atoms with Gasteiger partial charge in [-0.2, -0.15) is 0 Å². The van der Waals surface area contributed by atoms with Crippen LogP contribution in [0.3, 0.4) is 0 Å². The third-order valence-corrected chi connectivity index (χ3v) is 3.48. The van der Waals surface area contributed by atoms with E-state index in [9.17, 15) is 0 Å². The molecule has 18 heavy (non-hydrogen) atoms. The normalized spacial score (nSPS) is 12.2. The van der Waals surface area contributed by atoms with Crippen molar-refractivity contribution in [1.82, 2.24) is 0 Å². The Morgan fingerprint density at radius 2 is 1.78 bits per heavy atom. The summed E-state index contributed by atoms with van der Waals surface area (Å²) in [6.45, 7) is 4.19. The highest BCUT2D eigenvalue weighted by Gasteiger charge is 2.07. The molecule has 2 rings (SSSR count). The number of hydrogen-bond donors (Lipinski definition) is 2. The fraction of sp³-hybridized carbons (Fsp3) is 0.200. The van der Waals surface area contributed by atoms with E-state index < -0.39 is 0 Å². The summed E-state index contributed by atoms with van der Waals surface area (Å²) in [7, 11) is 0. The van der Waals surface area contributed by atoms with E-state index in [0.29, 0.717) is 0 Å². The van der Waals surface area contributed by atoms with Crippen LogP contribution < -0.4 is 11.1 Å². The summed E-state index contributed by atoms with van der Waals surface area (Å²) in [4.78, 5) is 0. The summed E-state index contributed by atoms with van der Waals surface area (Å²) in [6, 6.07) is 14.6. The van der Waals surface area contributed by atoms with Gasteiger partial charge in [0.25, 0.3) is 0 Å². The maximum Gasteiger partial charge on any atom is 0.0581 e. The van der Waals surface area contributed by atoms with E-state index in [-0.39, 0.29) is 6.04 Å². The summed E-state index contributed by atoms with van der Waals surface area (Å²) in [6.07, 6.45) is 0. The van der Waals surface area contributed by atoms with E-state index in [0.717, 1.165) is 15.8 Å². The molecule has 2 aromatic rings. The topological polar surface area (TPSA) is 38.0 Å². The highest BCUT2D eigenvalue weighted by Crippen LogP contribution is 2.25. The van der Waals surface area contributed by atoms with Crippen molar-refractivity contribution in [2.75, 3.05) is 11.1 Å². The SMILES string of the molecule is Cc1ccc(N)c(NC(C)c2ccc(Br)cc2)c1. The molecule has 0 spiro atoms. The second-order valence-electron chi connectivity index (χ2n) is 4.51. The molecular formula is C15H17BrN2. The first kappa shape index (κ1) is 13.0. The van der Waals surface area contributed by atoms with Crippen LogP contribution in [-0.2, 0) is 0 Å². The molecular weight excluding hydrogens is 288 g/mol. The molecule has 0 aromatic heterocycles. The number of nitrogens with one attached hydrogen (secondary N) is 1. The molecule has 94 valence electrons. The largest absolute Gasteiger partial charge is 0.397 e. The minimum Gasteiger partial charge on any atom is -0.397 e. The van der Waals surface area contributed by atoms with Gasteiger partial charge in [-0.25, -0.2) is 0 Å². The Balaban J connectivity index is 2.18. The van der Waals surface area contributed by atoms with Gasteiger partial charge in [0.15, 0.2) is 0 Å². The maximum absolute atomic E-state index is 5.97. The van der Waals surface area contributed by atoms with Gasteiger partial charge in [-0.1, -0.05) is 34.1 Å². The lowest BCUT2D eigenvalue weighted by atomic mass is 10.1. The Hall–Kier alpha value is -1.48. The van der Waals surface area contributed by atoms with Crippen molar-refractivity contribution in [1.29, 1.82) is 0 Å². The first-order valence-corrected chi connectivity index (χ1v) is 6.73. The predicted molar refractivity (Wildman–Crippen MR) is 81.8 cm³/mol. The third-order valence-electron chi connectivity index (χ3n) is 2.95. The van der Waals surface area contributed by atoms with Crippen molar-refractivity contribution in [3.05, 3.63) is 58.1 Å². The zero-order chi connectivity index (χ0) is 13.1. The summed E-state index contributed by atoms with van der Waals surface area (Å²) in [5.74, 6) is 0. The Bertz CT molecular complexity index is 535. The van der Waals surface area contributed by atoms with Crippen molar-refractivity contribution >= 4 is 27.3 Å². The second kappa shape index (κ2) is 5.44. The third kappa shape index (κ3) is 3.05. The monoisotopic (exact) mass is 304 g/mol. The molecule has 1 unspecified atom stereocenters. The molecule has 0 bridgehead atoms. The molecule has 0 aliphatic carbocycles. The average Bonchev–Trinajstić information content (AvgIpc) is 2.34. The van der Waals surface area contributed by atoms with Gasteiger partial charge in [-0.15, -0.1) is 0 Å². The second-order valence-corrected chi connectivity index (χ2v) is 5.42. The Labute approximate surface area is 116 Å². The van der Waals surface area contributed by atoms with Crippen LogP contribution in [0.4, 0.5) is 11.4 Å². The molecule has 0 radical (unpaired) electrons. The van der Waals surface area contributed by atoms with E-state index in [4.69, 9.17) is 5.73 Å². The Kier molecular flexibility index (Phi) is 3.92. The quantitative estimate of drug-likeness (QED) is 0.819. The van der Waals surface area contributed by atoms with Gasteiger partial charge >= 0.3 is 0 Å². The lowest BCUT2D eigenvalue weighted by molar-refractivity contribution is 0.885. The number of halogens is 1. The maximum atomic E-state index is 5.97. The molecule has 0 amide bonds. The van der Waals surface area contributed by atoms with Gasteiger partial charge in [0.05, 0.1) is 11.4 Å². The van der Waals surface area contributed by atoms with Crippen LogP contribution in [0.15, 0.2) is 46.9 Å². The Morgan fingerprint density at radius 3 is 2.44 bits per heavy atom. The number of benzene rings is 2. The molecule has 2 aromatic carbocycles. The van der Waals surface area contributed by atoms with E-state index in [1.54, 1.807) is 0 Å². The van der Waals surface area contributed by atoms with Crippen molar-refractivity contribution in [2.45, 2.75) is 19.9 Å². The van der Waals surface area contributed by atoms with Crippen LogP contribution in [-0.4, -0.2) is 0 Å². The number of anilines is 2. The van der Waals surface area contributed by atoms with Crippen LogP contribution in [0.25, 0.3) is 0 Å². The summed E-state index contributed by atoms with van der Waals surface area (Å²) >= 11 is 3.44. The molecule has 0 aliphatic heterocycles. The Morgan fingerprint density at radius 1 is 1.11 bits per heavy atom. The standard InChI is InChI=1S/C15H17BrN2/c1-10-3-8-14(17)15(9-10)18-11(2)12-4-6-13(16)7-5-12/h3-9,11,18H,17H2,1-2H3. The van der Waals surface area contributed by atoms with Crippen LogP contribution >= 0.6 is 15.9 Å². The molecule has 0 heterocycles. The molecule has 3 N–H and O–H groups in total. The number of nitrogens with two attached hydrogens (primary N) is 1. The van der Waals surface area contributed by atoms with Gasteiger partial charge < -0.3 is 11.1 Å². The summed E-state index contributed by atoms with van der Waals surface area (Å²) in [5.41, 5.74) is 10.2. The zero-order valence-corrected chi connectivity index (χ0v) is 12.2. The molecule has 1 atom stereocenters. The molecule has 0 saturated carbocycles. The highest BCUT2D eigenvalue weighted by molar-refractivity contribution is 9.10. The van der Waals surface area contributed by atoms with Crippen LogP contribution in [0, 0.1) is 6.92 Å². The van der Waals surface area contributed by atoms with Crippen LogP contribution in [0.5, 0.6) is 0 Å². The van der Waals surface area contributed by atoms with Crippen LogP contribution in [0.1, 0.15) is 24.1 Å². The number of nitrogen functional groups attached to an aromatic ring is 1. The van der Waals surface area contributed by atoms with E-state index in [1.165, 1.54) is 11.1 Å². The molecule has 3 heteroatoms. The minimum absolute atomic E-state index is 0.224. The van der Waals surface area contributed by atoms with E-state index in [2.05, 4.69) is 53.3 Å². The van der Waals surface area contributed by atoms with Gasteiger partial charge in [0, 0.05) is 10.5 Å². The summed E-state index contributed by atoms with van der Waals surface area (Å²) < 4.78 is 1.09. The predicted octanol–water partition coefficient (Wildman–Crippen LogP) is 4.51. The van der Waals surface area contributed by atoms with Gasteiger partial charge in [-0.05, 0) is 49.2 Å². The number of rotatable bonds is 3. The number of hydrogen-bond acceptors (Lipinski definition) is 2. The van der Waals surface area contributed by atoms with Crippen LogP contribution in [0.2, 0.25) is 0 Å². The van der Waals surface area contributed by atoms with Gasteiger partial charge in [0.1, 0.15) is 0 Å². The first-order chi connectivity index (χ1) is 8.56. The molecule has 0 fully saturated rings.